The molecule has 0 aliphatic rings. The summed E-state index contributed by atoms with van der Waals surface area (Å²) < 4.78 is 2.44. The second-order valence-corrected chi connectivity index (χ2v) is 5.75. The van der Waals surface area contributed by atoms with Crippen LogP contribution in [-0.2, 0) is 14.1 Å². The van der Waals surface area contributed by atoms with Gasteiger partial charge in [-0.1, -0.05) is 13.3 Å². The maximum atomic E-state index is 12.1. The van der Waals surface area contributed by atoms with E-state index >= 15 is 0 Å². The highest BCUT2D eigenvalue weighted by molar-refractivity contribution is 5.72. The fourth-order valence-corrected chi connectivity index (χ4v) is 2.39. The topological polar surface area (TPSA) is 84.7 Å². The Bertz CT molecular complexity index is 750. The maximum Gasteiger partial charge on any atom is 0.332 e. The predicted molar refractivity (Wildman–Crippen MR) is 79.2 cm³/mol. The molecule has 0 aliphatic carbocycles. The molecule has 2 N–H and O–H groups in total. The van der Waals surface area contributed by atoms with Crippen molar-refractivity contribution < 1.29 is 0 Å². The number of anilines is 1. The fraction of sp³-hybridized carbons (Fsp3) is 0.615. The number of nitrogens with zero attached hydrogens (tertiary/aromatic N) is 3. The van der Waals surface area contributed by atoms with Gasteiger partial charge in [0.05, 0.1) is 0 Å². The van der Waals surface area contributed by atoms with E-state index in [0.29, 0.717) is 17.1 Å². The Hall–Kier alpha value is -2.05. The van der Waals surface area contributed by atoms with Crippen LogP contribution in [0.1, 0.15) is 33.6 Å². The number of nitrogens with one attached hydrogen (secondary N) is 2. The first-order valence-corrected chi connectivity index (χ1v) is 6.70. The van der Waals surface area contributed by atoms with Crippen molar-refractivity contribution in [3.8, 4) is 0 Å². The van der Waals surface area contributed by atoms with Gasteiger partial charge in [-0.2, -0.15) is 4.98 Å². The Morgan fingerprint density at radius 2 is 1.90 bits per heavy atom. The molecule has 2 heterocycles. The minimum atomic E-state index is -0.381. The second kappa shape index (κ2) is 4.81. The van der Waals surface area contributed by atoms with Gasteiger partial charge in [0.1, 0.15) is 0 Å². The lowest BCUT2D eigenvalue weighted by Gasteiger charge is -2.25. The van der Waals surface area contributed by atoms with Gasteiger partial charge < -0.3 is 10.3 Å². The molecule has 0 saturated heterocycles. The molecule has 0 saturated carbocycles. The van der Waals surface area contributed by atoms with Crippen molar-refractivity contribution in [1.82, 2.24) is 19.1 Å². The quantitative estimate of drug-likeness (QED) is 0.872. The molecular formula is C13H21N5O2. The normalized spacial score (nSPS) is 12.1. The van der Waals surface area contributed by atoms with Crippen molar-refractivity contribution in [3.05, 3.63) is 20.8 Å². The highest BCUT2D eigenvalue weighted by Crippen LogP contribution is 2.18. The number of fused-ring (bicyclic) bond motifs is 1. The molecule has 2 aromatic rings. The summed E-state index contributed by atoms with van der Waals surface area (Å²) in [7, 11) is 3.06. The van der Waals surface area contributed by atoms with E-state index in [1.165, 1.54) is 11.6 Å². The molecule has 0 amide bonds. The van der Waals surface area contributed by atoms with Crippen molar-refractivity contribution in [1.29, 1.82) is 0 Å². The average Bonchev–Trinajstić information content (AvgIpc) is 2.76. The Balaban J connectivity index is 2.55. The van der Waals surface area contributed by atoms with Crippen LogP contribution in [0.3, 0.4) is 0 Å². The van der Waals surface area contributed by atoms with Gasteiger partial charge in [-0.15, -0.1) is 0 Å². The molecule has 0 fully saturated rings. The smallest absolute Gasteiger partial charge is 0.332 e. The number of hydrogen-bond donors (Lipinski definition) is 2. The van der Waals surface area contributed by atoms with Crippen LogP contribution in [0, 0.1) is 0 Å². The van der Waals surface area contributed by atoms with Crippen LogP contribution >= 0.6 is 0 Å². The third-order valence-corrected chi connectivity index (χ3v) is 3.43. The maximum absolute atomic E-state index is 12.1. The number of hydrogen-bond acceptors (Lipinski definition) is 4. The van der Waals surface area contributed by atoms with E-state index in [1.54, 1.807) is 7.05 Å². The first-order chi connectivity index (χ1) is 9.26. The van der Waals surface area contributed by atoms with Gasteiger partial charge in [0, 0.05) is 19.6 Å². The predicted octanol–water partition coefficient (Wildman–Crippen LogP) is 0.951. The molecule has 0 bridgehead atoms. The summed E-state index contributed by atoms with van der Waals surface area (Å²) in [6.07, 6.45) is 2.02. The van der Waals surface area contributed by atoms with Crippen LogP contribution in [0.15, 0.2) is 9.59 Å². The Kier molecular flexibility index (Phi) is 3.45. The minimum absolute atomic E-state index is 0.132. The molecule has 0 unspecified atom stereocenters. The van der Waals surface area contributed by atoms with E-state index in [9.17, 15) is 9.59 Å². The molecule has 2 aromatic heterocycles. The van der Waals surface area contributed by atoms with E-state index in [-0.39, 0.29) is 16.8 Å². The van der Waals surface area contributed by atoms with Crippen LogP contribution in [0.4, 0.5) is 5.95 Å². The highest BCUT2D eigenvalue weighted by Gasteiger charge is 2.19. The molecule has 0 aliphatic heterocycles. The molecule has 110 valence electrons. The summed E-state index contributed by atoms with van der Waals surface area (Å²) >= 11 is 0. The lowest BCUT2D eigenvalue weighted by Crippen LogP contribution is -2.36. The lowest BCUT2D eigenvalue weighted by molar-refractivity contribution is 0.507. The number of imidazole rings is 1. The number of rotatable bonds is 4. The van der Waals surface area contributed by atoms with Gasteiger partial charge in [-0.25, -0.2) is 4.79 Å². The van der Waals surface area contributed by atoms with Crippen LogP contribution < -0.4 is 16.6 Å². The summed E-state index contributed by atoms with van der Waals surface area (Å²) in [6, 6.07) is 0. The summed E-state index contributed by atoms with van der Waals surface area (Å²) in [5.74, 6) is 0.511. The molecule has 0 atom stereocenters. The highest BCUT2D eigenvalue weighted by atomic mass is 16.2. The monoisotopic (exact) mass is 279 g/mol. The molecular weight excluding hydrogens is 258 g/mol. The molecule has 0 spiro atoms. The summed E-state index contributed by atoms with van der Waals surface area (Å²) in [5.41, 5.74) is -0.171. The number of aromatic amines is 1. The second-order valence-electron chi connectivity index (χ2n) is 5.75. The Morgan fingerprint density at radius 1 is 1.25 bits per heavy atom. The molecule has 0 radical (unpaired) electrons. The average molecular weight is 279 g/mol. The summed E-state index contributed by atoms with van der Waals surface area (Å²) in [4.78, 5) is 31.2. The van der Waals surface area contributed by atoms with E-state index in [2.05, 4.69) is 36.1 Å². The third-order valence-electron chi connectivity index (χ3n) is 3.43. The first kappa shape index (κ1) is 14.4. The Morgan fingerprint density at radius 3 is 2.50 bits per heavy atom. The standard InChI is InChI=1S/C13H21N5O2/c1-6-7-13(2,3)16-11-14-8-9(15-11)17(4)12(20)18(5)10(8)19/h6-7H2,1-5H3,(H2,14,15,16). The van der Waals surface area contributed by atoms with E-state index in [0.717, 1.165) is 17.4 Å². The van der Waals surface area contributed by atoms with Crippen LogP contribution in [0.2, 0.25) is 0 Å². The largest absolute Gasteiger partial charge is 0.351 e. The van der Waals surface area contributed by atoms with E-state index in [4.69, 9.17) is 0 Å². The lowest BCUT2D eigenvalue weighted by atomic mass is 9.99. The first-order valence-electron chi connectivity index (χ1n) is 6.70. The number of H-pyrrole nitrogens is 1. The van der Waals surface area contributed by atoms with Crippen LogP contribution in [0.5, 0.6) is 0 Å². The molecule has 20 heavy (non-hydrogen) atoms. The Labute approximate surface area is 116 Å². The van der Waals surface area contributed by atoms with Crippen molar-refractivity contribution in [2.24, 2.45) is 14.1 Å². The van der Waals surface area contributed by atoms with Gasteiger partial charge in [0.15, 0.2) is 11.2 Å². The molecule has 2 rings (SSSR count). The minimum Gasteiger partial charge on any atom is -0.351 e. The van der Waals surface area contributed by atoms with Crippen molar-refractivity contribution in [2.45, 2.75) is 39.2 Å². The van der Waals surface area contributed by atoms with Crippen molar-refractivity contribution in [3.63, 3.8) is 0 Å². The number of aromatic nitrogens is 4. The van der Waals surface area contributed by atoms with Crippen LogP contribution in [-0.4, -0.2) is 24.6 Å². The SMILES string of the molecule is CCCC(C)(C)Nc1nc2c([nH]1)c(=O)n(C)c(=O)n2C. The van der Waals surface area contributed by atoms with Crippen molar-refractivity contribution in [2.75, 3.05) is 5.32 Å². The van der Waals surface area contributed by atoms with Gasteiger partial charge in [0.25, 0.3) is 5.56 Å². The van der Waals surface area contributed by atoms with E-state index < -0.39 is 0 Å². The number of aryl methyl sites for hydroxylation is 1. The third kappa shape index (κ3) is 2.35. The van der Waals surface area contributed by atoms with Gasteiger partial charge in [-0.3, -0.25) is 13.9 Å². The van der Waals surface area contributed by atoms with Crippen LogP contribution in [0.25, 0.3) is 11.2 Å². The molecule has 7 nitrogen and oxygen atoms in total. The summed E-state index contributed by atoms with van der Waals surface area (Å²) in [5, 5.41) is 3.27. The van der Waals surface area contributed by atoms with Gasteiger partial charge in [-0.05, 0) is 20.3 Å². The molecule has 0 aromatic carbocycles. The van der Waals surface area contributed by atoms with Gasteiger partial charge >= 0.3 is 5.69 Å². The molecule has 7 heteroatoms. The van der Waals surface area contributed by atoms with Gasteiger partial charge in [0.2, 0.25) is 5.95 Å². The zero-order chi connectivity index (χ0) is 15.1. The summed E-state index contributed by atoms with van der Waals surface area (Å²) in [6.45, 7) is 6.25. The zero-order valence-corrected chi connectivity index (χ0v) is 12.6. The van der Waals surface area contributed by atoms with Crippen molar-refractivity contribution >= 4 is 17.1 Å². The van der Waals surface area contributed by atoms with E-state index in [1.807, 2.05) is 0 Å². The fourth-order valence-electron chi connectivity index (χ4n) is 2.39. The zero-order valence-electron chi connectivity index (χ0n) is 12.6.